The van der Waals surface area contributed by atoms with Gasteiger partial charge in [-0.25, -0.2) is 23.0 Å². The second-order valence-corrected chi connectivity index (χ2v) is 7.99. The van der Waals surface area contributed by atoms with Gasteiger partial charge < -0.3 is 9.55 Å². The van der Waals surface area contributed by atoms with Crippen molar-refractivity contribution in [2.45, 2.75) is 6.18 Å². The molecule has 0 aliphatic rings. The summed E-state index contributed by atoms with van der Waals surface area (Å²) in [5.74, 6) is 0. The minimum atomic E-state index is -4.79. The number of nitrogens with zero attached hydrogens (tertiary/aromatic N) is 3. The molecule has 0 atom stereocenters. The number of benzene rings is 1. The van der Waals surface area contributed by atoms with Crippen LogP contribution in [0.5, 0.6) is 0 Å². The van der Waals surface area contributed by atoms with Gasteiger partial charge in [0.15, 0.2) is 0 Å². The Bertz CT molecular complexity index is 1280. The molecule has 2 aromatic heterocycles. The normalized spacial score (nSPS) is 12.5. The molecule has 0 unspecified atom stereocenters. The van der Waals surface area contributed by atoms with Crippen LogP contribution >= 0.6 is 15.9 Å². The van der Waals surface area contributed by atoms with Crippen molar-refractivity contribution in [2.24, 2.45) is 0 Å². The lowest BCUT2D eigenvalue weighted by Gasteiger charge is -2.15. The molecule has 3 aromatic rings. The highest BCUT2D eigenvalue weighted by atomic mass is 79.9. The van der Waals surface area contributed by atoms with Crippen molar-refractivity contribution in [1.29, 1.82) is 0 Å². The van der Waals surface area contributed by atoms with Crippen molar-refractivity contribution in [3.05, 3.63) is 55.7 Å². The van der Waals surface area contributed by atoms with Gasteiger partial charge in [-0.2, -0.15) is 17.8 Å². The smallest absolute Gasteiger partial charge is 0.305 e. The Hall–Kier alpha value is -2.61. The maximum Gasteiger partial charge on any atom is 0.418 e. The van der Waals surface area contributed by atoms with Gasteiger partial charge in [0.25, 0.3) is 5.56 Å². The number of fused-ring (bicyclic) bond motifs is 1. The maximum absolute atomic E-state index is 13.5. The van der Waals surface area contributed by atoms with Crippen molar-refractivity contribution < 1.29 is 21.6 Å². The van der Waals surface area contributed by atoms with Crippen molar-refractivity contribution in [3.8, 4) is 5.69 Å². The van der Waals surface area contributed by atoms with E-state index in [-0.39, 0.29) is 14.7 Å². The Morgan fingerprint density at radius 1 is 1.26 bits per heavy atom. The second kappa shape index (κ2) is 6.23. The average molecular weight is 468 g/mol. The first kappa shape index (κ1) is 19.2. The zero-order valence-corrected chi connectivity index (χ0v) is 15.6. The van der Waals surface area contributed by atoms with Crippen LogP contribution in [0.1, 0.15) is 5.56 Å². The Balaban J connectivity index is 2.40. The van der Waals surface area contributed by atoms with Gasteiger partial charge in [-0.15, -0.1) is 0 Å². The Morgan fingerprint density at radius 2 is 1.93 bits per heavy atom. The largest absolute Gasteiger partial charge is 0.418 e. The number of imidazole rings is 1. The van der Waals surface area contributed by atoms with Crippen LogP contribution in [0, 0.1) is 0 Å². The van der Waals surface area contributed by atoms with Crippen LogP contribution in [-0.2, 0) is 16.2 Å². The number of hydrogen-bond acceptors (Lipinski definition) is 5. The van der Waals surface area contributed by atoms with Crippen LogP contribution in [0.25, 0.3) is 16.6 Å². The van der Waals surface area contributed by atoms with Gasteiger partial charge in [0.1, 0.15) is 10.9 Å². The van der Waals surface area contributed by atoms with E-state index in [4.69, 9.17) is 0 Å². The van der Waals surface area contributed by atoms with Crippen LogP contribution in [0.2, 0.25) is 0 Å². The third kappa shape index (κ3) is 3.75. The molecule has 0 radical (unpaired) electrons. The van der Waals surface area contributed by atoms with Crippen LogP contribution < -0.4 is 16.1 Å². The zero-order chi connectivity index (χ0) is 20.1. The molecule has 0 aliphatic carbocycles. The molecule has 0 aliphatic heterocycles. The first-order chi connectivity index (χ1) is 12.4. The molecule has 9 nitrogen and oxygen atoms in total. The summed E-state index contributed by atoms with van der Waals surface area (Å²) in [5, 5.41) is -0.335. The maximum atomic E-state index is 13.5. The van der Waals surface area contributed by atoms with E-state index in [9.17, 15) is 31.2 Å². The number of aromatic nitrogens is 4. The third-order valence-electron chi connectivity index (χ3n) is 3.41. The van der Waals surface area contributed by atoms with Gasteiger partial charge in [0.2, 0.25) is 10.0 Å². The number of hydrogen-bond donors (Lipinski definition) is 2. The van der Waals surface area contributed by atoms with Crippen molar-refractivity contribution in [1.82, 2.24) is 19.2 Å². The van der Waals surface area contributed by atoms with E-state index < -0.39 is 44.2 Å². The monoisotopic (exact) mass is 467 g/mol. The van der Waals surface area contributed by atoms with E-state index in [0.717, 1.165) is 17.0 Å². The molecule has 3 rings (SSSR count). The van der Waals surface area contributed by atoms with Gasteiger partial charge in [-0.05, 0) is 28.1 Å². The molecule has 0 saturated carbocycles. The van der Waals surface area contributed by atoms with E-state index in [1.807, 2.05) is 0 Å². The van der Waals surface area contributed by atoms with Gasteiger partial charge in [0.05, 0.1) is 28.4 Å². The fourth-order valence-electron chi connectivity index (χ4n) is 2.37. The number of sulfonamides is 1. The summed E-state index contributed by atoms with van der Waals surface area (Å²) in [7, 11) is -3.99. The predicted molar refractivity (Wildman–Crippen MR) is 92.9 cm³/mol. The minimum absolute atomic E-state index is 0.165. The lowest BCUT2D eigenvalue weighted by atomic mass is 10.1. The van der Waals surface area contributed by atoms with Gasteiger partial charge in [-0.1, -0.05) is 0 Å². The lowest BCUT2D eigenvalue weighted by molar-refractivity contribution is -0.137. The van der Waals surface area contributed by atoms with E-state index in [0.29, 0.717) is 12.3 Å². The number of halogens is 4. The first-order valence-corrected chi connectivity index (χ1v) is 9.63. The summed E-state index contributed by atoms with van der Waals surface area (Å²) in [4.78, 5) is 32.0. The lowest BCUT2D eigenvalue weighted by Crippen LogP contribution is -2.43. The predicted octanol–water partition coefficient (Wildman–Crippen LogP) is 1.16. The number of nitrogens with one attached hydrogen (secondary N) is 2. The number of rotatable bonds is 3. The molecule has 2 heterocycles. The summed E-state index contributed by atoms with van der Waals surface area (Å²) >= 11 is 3.02. The quantitative estimate of drug-likeness (QED) is 0.598. The molecule has 0 saturated heterocycles. The molecule has 0 fully saturated rings. The summed E-state index contributed by atoms with van der Waals surface area (Å²) < 4.78 is 64.5. The SMILES string of the molecule is CS(=O)(=O)Nn1c(=O)[nH]c2cc(C(F)(F)F)c(-n3cnc(Br)c3)cc2c1=O. The van der Waals surface area contributed by atoms with E-state index in [1.54, 1.807) is 4.83 Å². The molecule has 0 amide bonds. The second-order valence-electron chi connectivity index (χ2n) is 5.45. The Morgan fingerprint density at radius 3 is 2.44 bits per heavy atom. The van der Waals surface area contributed by atoms with Gasteiger partial charge >= 0.3 is 11.9 Å². The zero-order valence-electron chi connectivity index (χ0n) is 13.2. The Kier molecular flexibility index (Phi) is 4.42. The number of H-pyrrole nitrogens is 1. The van der Waals surface area contributed by atoms with Crippen LogP contribution in [0.3, 0.4) is 0 Å². The topological polar surface area (TPSA) is 119 Å². The van der Waals surface area contributed by atoms with Crippen LogP contribution in [0.4, 0.5) is 13.2 Å². The van der Waals surface area contributed by atoms with E-state index in [2.05, 4.69) is 25.9 Å². The summed E-state index contributed by atoms with van der Waals surface area (Å²) in [6.45, 7) is 0. The fraction of sp³-hybridized carbons (Fsp3) is 0.154. The third-order valence-corrected chi connectivity index (χ3v) is 4.33. The van der Waals surface area contributed by atoms with Crippen LogP contribution in [0.15, 0.2) is 38.8 Å². The molecular formula is C13H9BrF3N5O4S. The summed E-state index contributed by atoms with van der Waals surface area (Å²) in [6.07, 6.45) is -1.74. The van der Waals surface area contributed by atoms with Crippen molar-refractivity contribution in [3.63, 3.8) is 0 Å². The fourth-order valence-corrected chi connectivity index (χ4v) is 3.18. The highest BCUT2D eigenvalue weighted by molar-refractivity contribution is 9.10. The summed E-state index contributed by atoms with van der Waals surface area (Å²) in [5.41, 5.74) is -4.31. The average Bonchev–Trinajstić information content (AvgIpc) is 2.95. The molecule has 2 N–H and O–H groups in total. The first-order valence-electron chi connectivity index (χ1n) is 6.95. The molecule has 14 heteroatoms. The van der Waals surface area contributed by atoms with Crippen molar-refractivity contribution in [2.75, 3.05) is 11.1 Å². The highest BCUT2D eigenvalue weighted by Crippen LogP contribution is 2.35. The van der Waals surface area contributed by atoms with Gasteiger partial charge in [-0.3, -0.25) is 4.79 Å². The van der Waals surface area contributed by atoms with Crippen molar-refractivity contribution >= 4 is 36.9 Å². The van der Waals surface area contributed by atoms with Gasteiger partial charge in [0, 0.05) is 6.20 Å². The Labute approximate surface area is 156 Å². The highest BCUT2D eigenvalue weighted by Gasteiger charge is 2.35. The van der Waals surface area contributed by atoms with E-state index >= 15 is 0 Å². The standard InChI is InChI=1S/C13H9BrF3N5O4S/c1-27(25,26)20-22-11(23)6-2-9(21-4-10(14)18-5-21)7(13(15,16)17)3-8(6)19-12(22)24/h2-5,20H,1H3,(H,19,24). The number of aromatic amines is 1. The van der Waals surface area contributed by atoms with E-state index in [1.165, 1.54) is 6.20 Å². The minimum Gasteiger partial charge on any atom is -0.305 e. The molecule has 0 bridgehead atoms. The molecule has 27 heavy (non-hydrogen) atoms. The number of alkyl halides is 3. The molecule has 144 valence electrons. The van der Waals surface area contributed by atoms with Crippen LogP contribution in [-0.4, -0.2) is 33.9 Å². The molecular weight excluding hydrogens is 459 g/mol. The summed E-state index contributed by atoms with van der Waals surface area (Å²) in [6, 6.07) is 1.50. The molecule has 1 aromatic carbocycles. The molecule has 0 spiro atoms.